The number of rotatable bonds is 7. The molecule has 0 saturated carbocycles. The van der Waals surface area contributed by atoms with E-state index in [2.05, 4.69) is 14.7 Å². The summed E-state index contributed by atoms with van der Waals surface area (Å²) in [6.45, 7) is 0.358. The maximum atomic E-state index is 13.7. The van der Waals surface area contributed by atoms with Crippen molar-refractivity contribution in [2.45, 2.75) is 24.3 Å². The van der Waals surface area contributed by atoms with E-state index in [1.165, 1.54) is 12.1 Å². The van der Waals surface area contributed by atoms with E-state index in [9.17, 15) is 12.8 Å². The molecule has 0 amide bonds. The molecule has 2 aromatic rings. The van der Waals surface area contributed by atoms with Crippen LogP contribution in [0.1, 0.15) is 17.8 Å². The molecule has 4 N–H and O–H groups in total. The topological polar surface area (TPSA) is 101 Å². The van der Waals surface area contributed by atoms with Crippen LogP contribution >= 0.6 is 0 Å². The van der Waals surface area contributed by atoms with Gasteiger partial charge in [-0.3, -0.25) is 0 Å². The zero-order chi connectivity index (χ0) is 15.3. The summed E-state index contributed by atoms with van der Waals surface area (Å²) in [6, 6.07) is 3.83. The van der Waals surface area contributed by atoms with Crippen LogP contribution in [-0.2, 0) is 23.0 Å². The highest BCUT2D eigenvalue weighted by Gasteiger charge is 2.18. The first-order chi connectivity index (χ1) is 10.0. The van der Waals surface area contributed by atoms with Gasteiger partial charge < -0.3 is 10.7 Å². The first kappa shape index (κ1) is 15.6. The van der Waals surface area contributed by atoms with E-state index in [1.807, 2.05) is 0 Å². The Bertz CT molecular complexity index is 686. The maximum absolute atomic E-state index is 13.7. The molecule has 0 aliphatic carbocycles. The molecule has 0 radical (unpaired) electrons. The van der Waals surface area contributed by atoms with Crippen molar-refractivity contribution in [2.75, 3.05) is 6.54 Å². The highest BCUT2D eigenvalue weighted by Crippen LogP contribution is 2.16. The second kappa shape index (κ2) is 6.79. The van der Waals surface area contributed by atoms with Gasteiger partial charge in [-0.25, -0.2) is 22.5 Å². The average molecular weight is 312 g/mol. The predicted molar refractivity (Wildman–Crippen MR) is 76.4 cm³/mol. The van der Waals surface area contributed by atoms with Gasteiger partial charge in [0, 0.05) is 31.9 Å². The van der Waals surface area contributed by atoms with Gasteiger partial charge in [0.1, 0.15) is 16.5 Å². The fraction of sp³-hybridized carbons (Fsp3) is 0.308. The Labute approximate surface area is 122 Å². The molecule has 1 heterocycles. The Balaban J connectivity index is 1.98. The number of nitrogens with one attached hydrogen (secondary N) is 2. The quantitative estimate of drug-likeness (QED) is 0.662. The predicted octanol–water partition coefficient (Wildman–Crippen LogP) is 0.919. The Morgan fingerprint density at radius 2 is 2.19 bits per heavy atom. The van der Waals surface area contributed by atoms with Crippen LogP contribution in [0.4, 0.5) is 4.39 Å². The molecule has 21 heavy (non-hydrogen) atoms. The standard InChI is InChI=1S/C13H17FN4O2S/c14-11-4-3-10(9-15)8-12(11)21(19,20)18-5-1-2-13-16-6-7-17-13/h3-4,6-8,18H,1-2,5,9,15H2,(H,16,17). The van der Waals surface area contributed by atoms with Crippen LogP contribution in [0.5, 0.6) is 0 Å². The van der Waals surface area contributed by atoms with Gasteiger partial charge in [0.05, 0.1) is 0 Å². The third-order valence-corrected chi connectivity index (χ3v) is 4.43. The number of H-pyrrole nitrogens is 1. The normalized spacial score (nSPS) is 11.7. The fourth-order valence-electron chi connectivity index (χ4n) is 1.86. The van der Waals surface area contributed by atoms with Crippen LogP contribution in [0, 0.1) is 5.82 Å². The Kier molecular flexibility index (Phi) is 5.05. The van der Waals surface area contributed by atoms with Gasteiger partial charge in [0.25, 0.3) is 0 Å². The summed E-state index contributed by atoms with van der Waals surface area (Å²) in [5.41, 5.74) is 6.00. The first-order valence-electron chi connectivity index (χ1n) is 6.49. The summed E-state index contributed by atoms with van der Waals surface area (Å²) in [7, 11) is -3.88. The third-order valence-electron chi connectivity index (χ3n) is 2.96. The van der Waals surface area contributed by atoms with Gasteiger partial charge in [0.15, 0.2) is 0 Å². The lowest BCUT2D eigenvalue weighted by Crippen LogP contribution is -2.26. The second-order valence-corrected chi connectivity index (χ2v) is 6.24. The minimum atomic E-state index is -3.88. The molecule has 1 aromatic heterocycles. The highest BCUT2D eigenvalue weighted by atomic mass is 32.2. The second-order valence-electron chi connectivity index (χ2n) is 4.51. The van der Waals surface area contributed by atoms with Gasteiger partial charge in [-0.15, -0.1) is 0 Å². The van der Waals surface area contributed by atoms with Gasteiger partial charge in [-0.1, -0.05) is 6.07 Å². The van der Waals surface area contributed by atoms with Crippen molar-refractivity contribution >= 4 is 10.0 Å². The molecule has 8 heteroatoms. The number of imidazole rings is 1. The summed E-state index contributed by atoms with van der Waals surface area (Å²) < 4.78 is 40.2. The molecule has 2 rings (SSSR count). The molecule has 6 nitrogen and oxygen atoms in total. The maximum Gasteiger partial charge on any atom is 0.243 e. The van der Waals surface area contributed by atoms with Crippen molar-refractivity contribution in [3.8, 4) is 0 Å². The smallest absolute Gasteiger partial charge is 0.243 e. The molecule has 0 bridgehead atoms. The number of benzene rings is 1. The summed E-state index contributed by atoms with van der Waals surface area (Å²) in [4.78, 5) is 6.60. The summed E-state index contributed by atoms with van der Waals surface area (Å²) >= 11 is 0. The summed E-state index contributed by atoms with van der Waals surface area (Å²) in [5.74, 6) is -0.00348. The lowest BCUT2D eigenvalue weighted by Gasteiger charge is -2.08. The number of aromatic amines is 1. The Hall–Kier alpha value is -1.77. The van der Waals surface area contributed by atoms with Gasteiger partial charge in [-0.2, -0.15) is 0 Å². The zero-order valence-electron chi connectivity index (χ0n) is 11.3. The fourth-order valence-corrected chi connectivity index (χ4v) is 3.06. The minimum Gasteiger partial charge on any atom is -0.349 e. The van der Waals surface area contributed by atoms with E-state index in [0.29, 0.717) is 18.4 Å². The lowest BCUT2D eigenvalue weighted by atomic mass is 10.2. The number of nitrogens with zero attached hydrogens (tertiary/aromatic N) is 1. The van der Waals surface area contributed by atoms with Crippen molar-refractivity contribution in [3.63, 3.8) is 0 Å². The number of aromatic nitrogens is 2. The molecular formula is C13H17FN4O2S. The van der Waals surface area contributed by atoms with E-state index in [1.54, 1.807) is 12.4 Å². The highest BCUT2D eigenvalue weighted by molar-refractivity contribution is 7.89. The number of sulfonamides is 1. The van der Waals surface area contributed by atoms with Crippen LogP contribution in [0.15, 0.2) is 35.5 Å². The van der Waals surface area contributed by atoms with Crippen molar-refractivity contribution in [1.29, 1.82) is 0 Å². The van der Waals surface area contributed by atoms with E-state index in [-0.39, 0.29) is 18.0 Å². The molecule has 0 saturated heterocycles. The Morgan fingerprint density at radius 1 is 1.38 bits per heavy atom. The number of hydrogen-bond donors (Lipinski definition) is 3. The molecule has 114 valence electrons. The van der Waals surface area contributed by atoms with E-state index in [0.717, 1.165) is 11.9 Å². The molecular weight excluding hydrogens is 295 g/mol. The van der Waals surface area contributed by atoms with E-state index >= 15 is 0 Å². The van der Waals surface area contributed by atoms with Crippen molar-refractivity contribution in [2.24, 2.45) is 5.73 Å². The zero-order valence-corrected chi connectivity index (χ0v) is 12.2. The van der Waals surface area contributed by atoms with Crippen LogP contribution in [0.25, 0.3) is 0 Å². The summed E-state index contributed by atoms with van der Waals surface area (Å²) in [6.07, 6.45) is 4.51. The monoisotopic (exact) mass is 312 g/mol. The lowest BCUT2D eigenvalue weighted by molar-refractivity contribution is 0.554. The van der Waals surface area contributed by atoms with E-state index < -0.39 is 15.8 Å². The van der Waals surface area contributed by atoms with Crippen LogP contribution in [0.3, 0.4) is 0 Å². The van der Waals surface area contributed by atoms with Crippen molar-refractivity contribution in [3.05, 3.63) is 47.8 Å². The van der Waals surface area contributed by atoms with Crippen LogP contribution in [-0.4, -0.2) is 24.9 Å². The molecule has 0 atom stereocenters. The SMILES string of the molecule is NCc1ccc(F)c(S(=O)(=O)NCCCc2ncc[nH]2)c1. The van der Waals surface area contributed by atoms with Gasteiger partial charge >= 0.3 is 0 Å². The van der Waals surface area contributed by atoms with Crippen molar-refractivity contribution in [1.82, 2.24) is 14.7 Å². The first-order valence-corrected chi connectivity index (χ1v) is 7.97. The molecule has 0 fully saturated rings. The molecule has 1 aromatic carbocycles. The molecule has 0 unspecified atom stereocenters. The van der Waals surface area contributed by atoms with Crippen LogP contribution in [0.2, 0.25) is 0 Å². The van der Waals surface area contributed by atoms with E-state index in [4.69, 9.17) is 5.73 Å². The minimum absolute atomic E-state index is 0.154. The largest absolute Gasteiger partial charge is 0.349 e. The number of hydrogen-bond acceptors (Lipinski definition) is 4. The number of nitrogens with two attached hydrogens (primary N) is 1. The average Bonchev–Trinajstić information content (AvgIpc) is 2.97. The van der Waals surface area contributed by atoms with Crippen molar-refractivity contribution < 1.29 is 12.8 Å². The molecule has 0 aliphatic heterocycles. The van der Waals surface area contributed by atoms with Gasteiger partial charge in [-0.05, 0) is 24.1 Å². The Morgan fingerprint density at radius 3 is 2.86 bits per heavy atom. The summed E-state index contributed by atoms with van der Waals surface area (Å²) in [5, 5.41) is 0. The number of halogens is 1. The molecule has 0 spiro atoms. The number of aryl methyl sites for hydroxylation is 1. The third kappa shape index (κ3) is 4.10. The van der Waals surface area contributed by atoms with Crippen LogP contribution < -0.4 is 10.5 Å². The van der Waals surface area contributed by atoms with Gasteiger partial charge in [0.2, 0.25) is 10.0 Å². The molecule has 0 aliphatic rings.